The summed E-state index contributed by atoms with van der Waals surface area (Å²) in [5.74, 6) is 0. The Kier molecular flexibility index (Phi) is 1.27. The average molecular weight is 143 g/mol. The fourth-order valence-electron chi connectivity index (χ4n) is 1.32. The van der Waals surface area contributed by atoms with Crippen molar-refractivity contribution in [3.8, 4) is 0 Å². The molecule has 0 aromatic rings. The molecule has 56 valence electrons. The van der Waals surface area contributed by atoms with Crippen molar-refractivity contribution in [2.24, 2.45) is 0 Å². The van der Waals surface area contributed by atoms with Crippen LogP contribution in [0.3, 0.4) is 0 Å². The molecular formula is C6H9NO3. The minimum atomic E-state index is -0.305. The summed E-state index contributed by atoms with van der Waals surface area (Å²) < 4.78 is 10.0. The fourth-order valence-corrected chi connectivity index (χ4v) is 1.32. The molecule has 2 heterocycles. The van der Waals surface area contributed by atoms with E-state index in [2.05, 4.69) is 5.32 Å². The van der Waals surface area contributed by atoms with Gasteiger partial charge in [-0.05, 0) is 6.42 Å². The fraction of sp³-hybridized carbons (Fsp3) is 0.833. The molecule has 0 aromatic carbocycles. The van der Waals surface area contributed by atoms with Gasteiger partial charge in [-0.25, -0.2) is 4.79 Å². The number of hydrogen-bond donors (Lipinski definition) is 1. The second-order valence-electron chi connectivity index (χ2n) is 2.56. The second-order valence-corrected chi connectivity index (χ2v) is 2.56. The molecule has 2 fully saturated rings. The van der Waals surface area contributed by atoms with E-state index < -0.39 is 0 Å². The van der Waals surface area contributed by atoms with E-state index in [-0.39, 0.29) is 18.2 Å². The van der Waals surface area contributed by atoms with Gasteiger partial charge in [0.1, 0.15) is 6.10 Å². The summed E-state index contributed by atoms with van der Waals surface area (Å²) in [5.41, 5.74) is 0. The highest BCUT2D eigenvalue weighted by Gasteiger charge is 2.36. The Labute approximate surface area is 58.5 Å². The Bertz CT molecular complexity index is 143. The van der Waals surface area contributed by atoms with Crippen molar-refractivity contribution >= 4 is 6.09 Å². The number of amides is 1. The number of ether oxygens (including phenoxy) is 2. The van der Waals surface area contributed by atoms with E-state index in [1.807, 2.05) is 0 Å². The van der Waals surface area contributed by atoms with Gasteiger partial charge in [-0.1, -0.05) is 0 Å². The van der Waals surface area contributed by atoms with Crippen molar-refractivity contribution in [2.75, 3.05) is 13.2 Å². The van der Waals surface area contributed by atoms with E-state index in [0.717, 1.165) is 13.0 Å². The van der Waals surface area contributed by atoms with Crippen LogP contribution in [0.5, 0.6) is 0 Å². The molecule has 2 rings (SSSR count). The Morgan fingerprint density at radius 2 is 2.50 bits per heavy atom. The SMILES string of the molecule is O=C1NC2CCOCC2O1. The van der Waals surface area contributed by atoms with E-state index in [9.17, 15) is 4.79 Å². The summed E-state index contributed by atoms with van der Waals surface area (Å²) >= 11 is 0. The largest absolute Gasteiger partial charge is 0.442 e. The van der Waals surface area contributed by atoms with E-state index in [4.69, 9.17) is 9.47 Å². The Morgan fingerprint density at radius 3 is 3.30 bits per heavy atom. The highest BCUT2D eigenvalue weighted by atomic mass is 16.6. The van der Waals surface area contributed by atoms with Crippen molar-refractivity contribution in [3.63, 3.8) is 0 Å². The molecule has 2 aliphatic heterocycles. The lowest BCUT2D eigenvalue weighted by atomic mass is 10.1. The molecule has 10 heavy (non-hydrogen) atoms. The zero-order valence-corrected chi connectivity index (χ0v) is 5.50. The molecule has 4 nitrogen and oxygen atoms in total. The molecular weight excluding hydrogens is 134 g/mol. The van der Waals surface area contributed by atoms with Gasteiger partial charge < -0.3 is 14.8 Å². The Morgan fingerprint density at radius 1 is 1.60 bits per heavy atom. The molecule has 0 aromatic heterocycles. The van der Waals surface area contributed by atoms with Crippen LogP contribution >= 0.6 is 0 Å². The molecule has 2 atom stereocenters. The number of alkyl carbamates (subject to hydrolysis) is 1. The molecule has 2 unspecified atom stereocenters. The quantitative estimate of drug-likeness (QED) is 0.514. The van der Waals surface area contributed by atoms with Crippen molar-refractivity contribution in [3.05, 3.63) is 0 Å². The van der Waals surface area contributed by atoms with Crippen molar-refractivity contribution in [1.29, 1.82) is 0 Å². The third-order valence-electron chi connectivity index (χ3n) is 1.87. The normalized spacial score (nSPS) is 38.2. The van der Waals surface area contributed by atoms with Gasteiger partial charge in [0, 0.05) is 6.61 Å². The third-order valence-corrected chi connectivity index (χ3v) is 1.87. The molecule has 2 saturated heterocycles. The molecule has 2 aliphatic rings. The lowest BCUT2D eigenvalue weighted by Crippen LogP contribution is -2.39. The maximum absolute atomic E-state index is 10.6. The van der Waals surface area contributed by atoms with Gasteiger partial charge in [0.05, 0.1) is 12.6 Å². The zero-order valence-electron chi connectivity index (χ0n) is 5.50. The summed E-state index contributed by atoms with van der Waals surface area (Å²) in [6, 6.07) is 0.196. The van der Waals surface area contributed by atoms with Crippen LogP contribution in [0.15, 0.2) is 0 Å². The van der Waals surface area contributed by atoms with Gasteiger partial charge in [-0.15, -0.1) is 0 Å². The number of carbonyl (C=O) groups is 1. The maximum Gasteiger partial charge on any atom is 0.407 e. The molecule has 4 heteroatoms. The highest BCUT2D eigenvalue weighted by molar-refractivity contribution is 5.70. The molecule has 0 aliphatic carbocycles. The number of fused-ring (bicyclic) bond motifs is 1. The van der Waals surface area contributed by atoms with Crippen LogP contribution in [0.4, 0.5) is 4.79 Å². The monoisotopic (exact) mass is 143 g/mol. The van der Waals surface area contributed by atoms with Crippen LogP contribution in [-0.2, 0) is 9.47 Å². The van der Waals surface area contributed by atoms with E-state index in [1.54, 1.807) is 0 Å². The maximum atomic E-state index is 10.6. The predicted octanol–water partition coefficient (Wildman–Crippen LogP) is -0.116. The predicted molar refractivity (Wildman–Crippen MR) is 32.6 cm³/mol. The van der Waals surface area contributed by atoms with Gasteiger partial charge in [-0.2, -0.15) is 0 Å². The van der Waals surface area contributed by atoms with Crippen LogP contribution in [0.2, 0.25) is 0 Å². The Hall–Kier alpha value is -0.770. The first-order chi connectivity index (χ1) is 4.86. The molecule has 1 N–H and O–H groups in total. The summed E-state index contributed by atoms with van der Waals surface area (Å²) in [7, 11) is 0. The first-order valence-corrected chi connectivity index (χ1v) is 3.41. The summed E-state index contributed by atoms with van der Waals surface area (Å²) in [5, 5.41) is 2.71. The first kappa shape index (κ1) is 5.97. The topological polar surface area (TPSA) is 47.6 Å². The Balaban J connectivity index is 2.04. The molecule has 1 amide bonds. The van der Waals surface area contributed by atoms with E-state index >= 15 is 0 Å². The van der Waals surface area contributed by atoms with Crippen LogP contribution in [0.1, 0.15) is 6.42 Å². The lowest BCUT2D eigenvalue weighted by Gasteiger charge is -2.21. The highest BCUT2D eigenvalue weighted by Crippen LogP contribution is 2.16. The molecule has 0 spiro atoms. The molecule has 0 saturated carbocycles. The van der Waals surface area contributed by atoms with Crippen LogP contribution in [-0.4, -0.2) is 31.5 Å². The minimum absolute atomic E-state index is 0.0405. The lowest BCUT2D eigenvalue weighted by molar-refractivity contribution is -0.000967. The van der Waals surface area contributed by atoms with Crippen molar-refractivity contribution in [1.82, 2.24) is 5.32 Å². The second kappa shape index (κ2) is 2.12. The van der Waals surface area contributed by atoms with Crippen LogP contribution < -0.4 is 5.32 Å². The van der Waals surface area contributed by atoms with Crippen LogP contribution in [0.25, 0.3) is 0 Å². The van der Waals surface area contributed by atoms with E-state index in [1.165, 1.54) is 0 Å². The van der Waals surface area contributed by atoms with Crippen molar-refractivity contribution < 1.29 is 14.3 Å². The van der Waals surface area contributed by atoms with E-state index in [0.29, 0.717) is 6.61 Å². The van der Waals surface area contributed by atoms with Gasteiger partial charge in [0.2, 0.25) is 0 Å². The zero-order chi connectivity index (χ0) is 6.97. The number of rotatable bonds is 0. The number of hydrogen-bond acceptors (Lipinski definition) is 3. The first-order valence-electron chi connectivity index (χ1n) is 3.41. The van der Waals surface area contributed by atoms with Crippen LogP contribution in [0, 0.1) is 0 Å². The average Bonchev–Trinajstić information content (AvgIpc) is 2.27. The van der Waals surface area contributed by atoms with Gasteiger partial charge in [0.15, 0.2) is 0 Å². The molecule has 0 bridgehead atoms. The standard InChI is InChI=1S/C6H9NO3/c8-6-7-4-1-2-9-3-5(4)10-6/h4-5H,1-3H2,(H,7,8). The number of nitrogens with one attached hydrogen (secondary N) is 1. The molecule has 0 radical (unpaired) electrons. The smallest absolute Gasteiger partial charge is 0.407 e. The summed E-state index contributed by atoms with van der Waals surface area (Å²) in [6.45, 7) is 1.27. The van der Waals surface area contributed by atoms with Gasteiger partial charge >= 0.3 is 6.09 Å². The summed E-state index contributed by atoms with van der Waals surface area (Å²) in [4.78, 5) is 10.6. The van der Waals surface area contributed by atoms with Gasteiger partial charge in [-0.3, -0.25) is 0 Å². The number of carbonyl (C=O) groups excluding carboxylic acids is 1. The third kappa shape index (κ3) is 0.844. The summed E-state index contributed by atoms with van der Waals surface area (Å²) in [6.07, 6.45) is 0.526. The van der Waals surface area contributed by atoms with Gasteiger partial charge in [0.25, 0.3) is 0 Å². The minimum Gasteiger partial charge on any atom is -0.442 e. The van der Waals surface area contributed by atoms with Crippen molar-refractivity contribution in [2.45, 2.75) is 18.6 Å².